The molecule has 0 radical (unpaired) electrons. The third kappa shape index (κ3) is 3.71. The molecule has 0 aromatic rings. The molecule has 1 unspecified atom stereocenters. The van der Waals surface area contributed by atoms with E-state index in [1.807, 2.05) is 0 Å². The number of hydrogen-bond donors (Lipinski definition) is 0. The highest BCUT2D eigenvalue weighted by Crippen LogP contribution is 2.09. The van der Waals surface area contributed by atoms with Crippen LogP contribution in [0.25, 0.3) is 0 Å². The van der Waals surface area contributed by atoms with Crippen molar-refractivity contribution in [1.82, 2.24) is 0 Å². The second-order valence-electron chi connectivity index (χ2n) is 2.77. The standard InChI is InChI=1S/C8H13IO3/c9-6-7-2-1-4-11-5-3-8(10)12-7/h7H,1-6H2. The fourth-order valence-corrected chi connectivity index (χ4v) is 1.70. The van der Waals surface area contributed by atoms with Crippen molar-refractivity contribution in [3.8, 4) is 0 Å². The zero-order chi connectivity index (χ0) is 8.81. The molecule has 0 aromatic carbocycles. The Labute approximate surface area is 85.9 Å². The first kappa shape index (κ1) is 10.2. The van der Waals surface area contributed by atoms with E-state index in [0.29, 0.717) is 13.0 Å². The zero-order valence-corrected chi connectivity index (χ0v) is 9.08. The van der Waals surface area contributed by atoms with E-state index in [1.165, 1.54) is 0 Å². The quantitative estimate of drug-likeness (QED) is 0.416. The van der Waals surface area contributed by atoms with Gasteiger partial charge in [-0.2, -0.15) is 0 Å². The van der Waals surface area contributed by atoms with Crippen LogP contribution in [0.2, 0.25) is 0 Å². The smallest absolute Gasteiger partial charge is 0.308 e. The van der Waals surface area contributed by atoms with Crippen LogP contribution in [0.15, 0.2) is 0 Å². The Bertz CT molecular complexity index is 149. The minimum absolute atomic E-state index is 0.0970. The molecule has 1 aliphatic rings. The van der Waals surface area contributed by atoms with Gasteiger partial charge >= 0.3 is 5.97 Å². The Hall–Kier alpha value is 0.160. The van der Waals surface area contributed by atoms with Crippen LogP contribution in [0.5, 0.6) is 0 Å². The maximum atomic E-state index is 11.1. The van der Waals surface area contributed by atoms with E-state index in [9.17, 15) is 4.79 Å². The maximum absolute atomic E-state index is 11.1. The molecular formula is C8H13IO3. The summed E-state index contributed by atoms with van der Waals surface area (Å²) in [5.74, 6) is -0.126. The van der Waals surface area contributed by atoms with E-state index >= 15 is 0 Å². The summed E-state index contributed by atoms with van der Waals surface area (Å²) in [4.78, 5) is 11.1. The van der Waals surface area contributed by atoms with E-state index in [1.54, 1.807) is 0 Å². The summed E-state index contributed by atoms with van der Waals surface area (Å²) in [6.07, 6.45) is 2.41. The van der Waals surface area contributed by atoms with Gasteiger partial charge in [0.1, 0.15) is 6.10 Å². The summed E-state index contributed by atoms with van der Waals surface area (Å²) >= 11 is 2.24. The van der Waals surface area contributed by atoms with Crippen molar-refractivity contribution in [2.45, 2.75) is 25.4 Å². The predicted octanol–water partition coefficient (Wildman–Crippen LogP) is 1.53. The van der Waals surface area contributed by atoms with Gasteiger partial charge in [-0.3, -0.25) is 4.79 Å². The number of carbonyl (C=O) groups is 1. The van der Waals surface area contributed by atoms with Crippen molar-refractivity contribution in [1.29, 1.82) is 0 Å². The molecule has 1 atom stereocenters. The molecule has 0 saturated carbocycles. The average molecular weight is 284 g/mol. The number of esters is 1. The Balaban J connectivity index is 2.37. The summed E-state index contributed by atoms with van der Waals surface area (Å²) in [7, 11) is 0. The van der Waals surface area contributed by atoms with E-state index in [2.05, 4.69) is 22.6 Å². The second-order valence-corrected chi connectivity index (χ2v) is 3.65. The zero-order valence-electron chi connectivity index (χ0n) is 6.92. The Morgan fingerprint density at radius 3 is 3.08 bits per heavy atom. The first-order valence-electron chi connectivity index (χ1n) is 4.16. The van der Waals surface area contributed by atoms with Gasteiger partial charge in [0.05, 0.1) is 13.0 Å². The normalized spacial score (nSPS) is 26.8. The highest BCUT2D eigenvalue weighted by atomic mass is 127. The van der Waals surface area contributed by atoms with Crippen LogP contribution in [-0.2, 0) is 14.3 Å². The van der Waals surface area contributed by atoms with Gasteiger partial charge in [0, 0.05) is 11.0 Å². The highest BCUT2D eigenvalue weighted by Gasteiger charge is 2.14. The third-order valence-electron chi connectivity index (χ3n) is 1.74. The molecule has 3 nitrogen and oxygen atoms in total. The van der Waals surface area contributed by atoms with E-state index < -0.39 is 0 Å². The molecule has 1 fully saturated rings. The van der Waals surface area contributed by atoms with Crippen molar-refractivity contribution in [2.75, 3.05) is 17.6 Å². The Morgan fingerprint density at radius 2 is 2.33 bits per heavy atom. The van der Waals surface area contributed by atoms with E-state index in [0.717, 1.165) is 23.9 Å². The van der Waals surface area contributed by atoms with Crippen molar-refractivity contribution >= 4 is 28.6 Å². The van der Waals surface area contributed by atoms with Crippen LogP contribution in [0.3, 0.4) is 0 Å². The molecule has 0 amide bonds. The van der Waals surface area contributed by atoms with Crippen LogP contribution < -0.4 is 0 Å². The Kier molecular flexibility index (Phi) is 4.90. The lowest BCUT2D eigenvalue weighted by Gasteiger charge is -2.12. The summed E-state index contributed by atoms with van der Waals surface area (Å²) in [5, 5.41) is 0. The number of alkyl halides is 1. The van der Waals surface area contributed by atoms with Crippen molar-refractivity contribution in [3.05, 3.63) is 0 Å². The van der Waals surface area contributed by atoms with Gasteiger partial charge in [-0.15, -0.1) is 0 Å². The van der Waals surface area contributed by atoms with Gasteiger partial charge in [-0.05, 0) is 12.8 Å². The van der Waals surface area contributed by atoms with Gasteiger partial charge in [-0.1, -0.05) is 22.6 Å². The van der Waals surface area contributed by atoms with Crippen LogP contribution >= 0.6 is 22.6 Å². The van der Waals surface area contributed by atoms with Crippen LogP contribution in [0.1, 0.15) is 19.3 Å². The summed E-state index contributed by atoms with van der Waals surface area (Å²) in [6, 6.07) is 0. The van der Waals surface area contributed by atoms with E-state index in [4.69, 9.17) is 9.47 Å². The first-order valence-corrected chi connectivity index (χ1v) is 5.68. The summed E-state index contributed by atoms with van der Waals surface area (Å²) < 4.78 is 11.3. The molecule has 0 aromatic heterocycles. The van der Waals surface area contributed by atoms with Crippen molar-refractivity contribution in [3.63, 3.8) is 0 Å². The molecular weight excluding hydrogens is 271 g/mol. The minimum Gasteiger partial charge on any atom is -0.461 e. The van der Waals surface area contributed by atoms with Gasteiger partial charge in [0.2, 0.25) is 0 Å². The number of carbonyl (C=O) groups excluding carboxylic acids is 1. The maximum Gasteiger partial charge on any atom is 0.308 e. The lowest BCUT2D eigenvalue weighted by molar-refractivity contribution is -0.148. The van der Waals surface area contributed by atoms with Crippen molar-refractivity contribution < 1.29 is 14.3 Å². The van der Waals surface area contributed by atoms with Gasteiger partial charge in [-0.25, -0.2) is 0 Å². The topological polar surface area (TPSA) is 35.5 Å². The van der Waals surface area contributed by atoms with Crippen LogP contribution in [0.4, 0.5) is 0 Å². The van der Waals surface area contributed by atoms with Gasteiger partial charge in [0.25, 0.3) is 0 Å². The molecule has 1 saturated heterocycles. The average Bonchev–Trinajstić information content (AvgIpc) is 2.16. The van der Waals surface area contributed by atoms with Gasteiger partial charge in [0.15, 0.2) is 0 Å². The predicted molar refractivity (Wildman–Crippen MR) is 53.4 cm³/mol. The molecule has 12 heavy (non-hydrogen) atoms. The molecule has 70 valence electrons. The van der Waals surface area contributed by atoms with Crippen LogP contribution in [0, 0.1) is 0 Å². The molecule has 1 heterocycles. The molecule has 0 aliphatic carbocycles. The summed E-state index contributed by atoms with van der Waals surface area (Å²) in [5.41, 5.74) is 0. The largest absolute Gasteiger partial charge is 0.461 e. The number of halogens is 1. The fourth-order valence-electron chi connectivity index (χ4n) is 1.08. The third-order valence-corrected chi connectivity index (χ3v) is 2.72. The number of ether oxygens (including phenoxy) is 2. The molecule has 0 bridgehead atoms. The molecule has 1 rings (SSSR count). The minimum atomic E-state index is -0.126. The van der Waals surface area contributed by atoms with E-state index in [-0.39, 0.29) is 12.1 Å². The molecule has 0 N–H and O–H groups in total. The van der Waals surface area contributed by atoms with Crippen molar-refractivity contribution in [2.24, 2.45) is 0 Å². The van der Waals surface area contributed by atoms with Gasteiger partial charge < -0.3 is 9.47 Å². The molecule has 0 spiro atoms. The SMILES string of the molecule is O=C1CCOCCCC(CI)O1. The lowest BCUT2D eigenvalue weighted by atomic mass is 10.2. The molecule has 4 heteroatoms. The lowest BCUT2D eigenvalue weighted by Crippen LogP contribution is -2.19. The Morgan fingerprint density at radius 1 is 1.50 bits per heavy atom. The fraction of sp³-hybridized carbons (Fsp3) is 0.875. The second kappa shape index (κ2) is 5.75. The first-order chi connectivity index (χ1) is 5.83. The van der Waals surface area contributed by atoms with Crippen LogP contribution in [-0.4, -0.2) is 29.7 Å². The number of rotatable bonds is 1. The monoisotopic (exact) mass is 284 g/mol. The summed E-state index contributed by atoms with van der Waals surface area (Å²) in [6.45, 7) is 1.26. The highest BCUT2D eigenvalue weighted by molar-refractivity contribution is 14.1. The number of hydrogen-bond acceptors (Lipinski definition) is 3. The molecule has 1 aliphatic heterocycles. The number of cyclic esters (lactones) is 1.